The Labute approximate surface area is 171 Å². The maximum atomic E-state index is 12.7. The zero-order chi connectivity index (χ0) is 18.7. The molecule has 0 aliphatic carbocycles. The van der Waals surface area contributed by atoms with E-state index in [9.17, 15) is 9.59 Å². The first-order chi connectivity index (χ1) is 12.5. The van der Waals surface area contributed by atoms with Crippen LogP contribution in [0.25, 0.3) is 0 Å². The van der Waals surface area contributed by atoms with E-state index in [1.807, 2.05) is 6.07 Å². The van der Waals surface area contributed by atoms with Gasteiger partial charge in [0.1, 0.15) is 5.75 Å². The number of amides is 2. The summed E-state index contributed by atoms with van der Waals surface area (Å²) in [6, 6.07) is 12.4. The van der Waals surface area contributed by atoms with Crippen molar-refractivity contribution in [3.63, 3.8) is 0 Å². The third-order valence-corrected chi connectivity index (χ3v) is 5.53. The van der Waals surface area contributed by atoms with Crippen molar-refractivity contribution in [1.29, 1.82) is 0 Å². The first-order valence-electron chi connectivity index (χ1n) is 8.17. The van der Waals surface area contributed by atoms with Crippen LogP contribution in [0.4, 0.5) is 0 Å². The first-order valence-corrected chi connectivity index (χ1v) is 9.63. The molecule has 1 aliphatic rings. The zero-order valence-electron chi connectivity index (χ0n) is 14.2. The van der Waals surface area contributed by atoms with Crippen LogP contribution in [0.5, 0.6) is 5.75 Å². The van der Waals surface area contributed by atoms with E-state index in [0.717, 1.165) is 3.57 Å². The number of ether oxygens (including phenoxy) is 1. The highest BCUT2D eigenvalue weighted by Gasteiger charge is 2.26. The molecule has 2 aromatic rings. The summed E-state index contributed by atoms with van der Waals surface area (Å²) in [6.45, 7) is 2.02. The summed E-state index contributed by atoms with van der Waals surface area (Å²) < 4.78 is 5.98. The van der Waals surface area contributed by atoms with Crippen LogP contribution in [0.2, 0.25) is 5.02 Å². The summed E-state index contributed by atoms with van der Waals surface area (Å²) in [5.74, 6) is 0.638. The highest BCUT2D eigenvalue weighted by atomic mass is 127. The quantitative estimate of drug-likeness (QED) is 0.626. The molecule has 5 nitrogen and oxygen atoms in total. The second kappa shape index (κ2) is 8.26. The summed E-state index contributed by atoms with van der Waals surface area (Å²) in [4.78, 5) is 28.9. The van der Waals surface area contributed by atoms with Crippen molar-refractivity contribution >= 4 is 46.0 Å². The van der Waals surface area contributed by atoms with Crippen LogP contribution in [0, 0.1) is 3.57 Å². The number of nitrogens with zero attached hydrogens (tertiary/aromatic N) is 2. The van der Waals surface area contributed by atoms with Crippen LogP contribution in [0.3, 0.4) is 0 Å². The molecule has 0 N–H and O–H groups in total. The largest absolute Gasteiger partial charge is 0.497 e. The fraction of sp³-hybridized carbons (Fsp3) is 0.263. The van der Waals surface area contributed by atoms with Crippen molar-refractivity contribution in [2.75, 3.05) is 33.3 Å². The minimum absolute atomic E-state index is 0.0305. The summed E-state index contributed by atoms with van der Waals surface area (Å²) in [6.07, 6.45) is 0. The third-order valence-electron chi connectivity index (χ3n) is 4.35. The van der Waals surface area contributed by atoms with Crippen molar-refractivity contribution in [2.45, 2.75) is 0 Å². The van der Waals surface area contributed by atoms with E-state index in [1.165, 1.54) is 0 Å². The number of carbonyl (C=O) groups excluding carboxylic acids is 2. The lowest BCUT2D eigenvalue weighted by Crippen LogP contribution is -2.50. The van der Waals surface area contributed by atoms with Gasteiger partial charge >= 0.3 is 0 Å². The van der Waals surface area contributed by atoms with Crippen molar-refractivity contribution in [3.8, 4) is 5.75 Å². The molecule has 0 radical (unpaired) electrons. The number of piperazine rings is 1. The monoisotopic (exact) mass is 484 g/mol. The number of carbonyl (C=O) groups is 2. The molecule has 0 atom stereocenters. The molecule has 7 heteroatoms. The van der Waals surface area contributed by atoms with Crippen molar-refractivity contribution in [2.24, 2.45) is 0 Å². The molecule has 1 aliphatic heterocycles. The van der Waals surface area contributed by atoms with Crippen LogP contribution >= 0.6 is 34.2 Å². The summed E-state index contributed by atoms with van der Waals surface area (Å²) in [5.41, 5.74) is 1.22. The number of hydrogen-bond acceptors (Lipinski definition) is 3. The molecule has 1 fully saturated rings. The maximum absolute atomic E-state index is 12.7. The maximum Gasteiger partial charge on any atom is 0.255 e. The molecule has 0 saturated carbocycles. The molecule has 2 aromatic carbocycles. The molecule has 26 heavy (non-hydrogen) atoms. The second-order valence-corrected chi connectivity index (χ2v) is 7.54. The number of hydrogen-bond donors (Lipinski definition) is 0. The van der Waals surface area contributed by atoms with Gasteiger partial charge in [0.25, 0.3) is 11.8 Å². The Morgan fingerprint density at radius 1 is 0.962 bits per heavy atom. The number of rotatable bonds is 3. The van der Waals surface area contributed by atoms with Crippen LogP contribution in [0.15, 0.2) is 42.5 Å². The van der Waals surface area contributed by atoms with Gasteiger partial charge in [-0.1, -0.05) is 11.6 Å². The van der Waals surface area contributed by atoms with Gasteiger partial charge in [-0.25, -0.2) is 0 Å². The van der Waals surface area contributed by atoms with E-state index in [4.69, 9.17) is 16.3 Å². The Bertz CT molecular complexity index is 818. The Balaban J connectivity index is 1.64. The van der Waals surface area contributed by atoms with Crippen LogP contribution in [-0.2, 0) is 0 Å². The zero-order valence-corrected chi connectivity index (χ0v) is 17.2. The SMILES string of the molecule is COc1ccc(C(=O)N2CCN(C(=O)c3cc(Cl)ccc3I)CC2)cc1. The van der Waals surface area contributed by atoms with E-state index < -0.39 is 0 Å². The van der Waals surface area contributed by atoms with Gasteiger partial charge < -0.3 is 14.5 Å². The highest BCUT2D eigenvalue weighted by molar-refractivity contribution is 14.1. The predicted molar refractivity (Wildman–Crippen MR) is 109 cm³/mol. The fourth-order valence-electron chi connectivity index (χ4n) is 2.86. The molecule has 0 spiro atoms. The topological polar surface area (TPSA) is 49.9 Å². The van der Waals surface area contributed by atoms with Crippen LogP contribution in [0.1, 0.15) is 20.7 Å². The number of methoxy groups -OCH3 is 1. The van der Waals surface area contributed by atoms with Gasteiger partial charge in [0.2, 0.25) is 0 Å². The van der Waals surface area contributed by atoms with Gasteiger partial charge in [-0.15, -0.1) is 0 Å². The van der Waals surface area contributed by atoms with Crippen molar-refractivity contribution < 1.29 is 14.3 Å². The summed E-state index contributed by atoms with van der Waals surface area (Å²) in [5, 5.41) is 0.544. The molecule has 0 bridgehead atoms. The lowest BCUT2D eigenvalue weighted by Gasteiger charge is -2.35. The minimum Gasteiger partial charge on any atom is -0.497 e. The van der Waals surface area contributed by atoms with Gasteiger partial charge in [0.15, 0.2) is 0 Å². The average molecular weight is 485 g/mol. The van der Waals surface area contributed by atoms with E-state index >= 15 is 0 Å². The molecule has 1 saturated heterocycles. The Morgan fingerprint density at radius 3 is 2.12 bits per heavy atom. The van der Waals surface area contributed by atoms with E-state index in [0.29, 0.717) is 48.1 Å². The molecule has 3 rings (SSSR count). The fourth-order valence-corrected chi connectivity index (χ4v) is 3.60. The normalized spacial score (nSPS) is 14.3. The Hall–Kier alpha value is -1.80. The van der Waals surface area contributed by atoms with Gasteiger partial charge in [0.05, 0.1) is 12.7 Å². The molecule has 136 valence electrons. The van der Waals surface area contributed by atoms with E-state index in [-0.39, 0.29) is 11.8 Å². The van der Waals surface area contributed by atoms with Crippen molar-refractivity contribution in [3.05, 3.63) is 62.2 Å². The lowest BCUT2D eigenvalue weighted by molar-refractivity contribution is 0.0535. The lowest BCUT2D eigenvalue weighted by atomic mass is 10.1. The smallest absolute Gasteiger partial charge is 0.255 e. The number of halogens is 2. The summed E-state index contributed by atoms with van der Waals surface area (Å²) in [7, 11) is 1.59. The molecular formula is C19H18ClIN2O3. The first kappa shape index (κ1) is 19.0. The molecule has 2 amide bonds. The predicted octanol–water partition coefficient (Wildman–Crippen LogP) is 3.55. The van der Waals surface area contributed by atoms with Gasteiger partial charge in [-0.05, 0) is 65.1 Å². The van der Waals surface area contributed by atoms with E-state index in [2.05, 4.69) is 22.6 Å². The van der Waals surface area contributed by atoms with Gasteiger partial charge in [-0.2, -0.15) is 0 Å². The van der Waals surface area contributed by atoms with Gasteiger partial charge in [-0.3, -0.25) is 9.59 Å². The van der Waals surface area contributed by atoms with E-state index in [1.54, 1.807) is 53.3 Å². The minimum atomic E-state index is -0.0477. The Kier molecular flexibility index (Phi) is 6.03. The second-order valence-electron chi connectivity index (χ2n) is 5.94. The average Bonchev–Trinajstić information content (AvgIpc) is 2.69. The highest BCUT2D eigenvalue weighted by Crippen LogP contribution is 2.21. The standard InChI is InChI=1S/C19H18ClIN2O3/c1-26-15-5-2-13(3-6-15)18(24)22-8-10-23(11-9-22)19(25)16-12-14(20)4-7-17(16)21/h2-7,12H,8-11H2,1H3. The van der Waals surface area contributed by atoms with Crippen LogP contribution < -0.4 is 4.74 Å². The van der Waals surface area contributed by atoms with Crippen LogP contribution in [-0.4, -0.2) is 54.9 Å². The summed E-state index contributed by atoms with van der Waals surface area (Å²) >= 11 is 8.15. The Morgan fingerprint density at radius 2 is 1.54 bits per heavy atom. The number of benzene rings is 2. The molecule has 0 unspecified atom stereocenters. The molecular weight excluding hydrogens is 467 g/mol. The third kappa shape index (κ3) is 4.12. The van der Waals surface area contributed by atoms with Crippen molar-refractivity contribution in [1.82, 2.24) is 9.80 Å². The molecule has 1 heterocycles. The molecule has 0 aromatic heterocycles. The van der Waals surface area contributed by atoms with Gasteiger partial charge in [0, 0.05) is 40.3 Å².